The SMILES string of the molecule is Cc1cccc(C(=O)N2C3CCC2C2C3N2c2ncc(Br)cn2)c1-c1ncco1. The smallest absolute Gasteiger partial charge is 0.255 e. The molecule has 0 radical (unpaired) electrons. The van der Waals surface area contributed by atoms with Gasteiger partial charge in [0.25, 0.3) is 5.91 Å². The molecule has 0 spiro atoms. The zero-order valence-corrected chi connectivity index (χ0v) is 17.3. The van der Waals surface area contributed by atoms with E-state index in [-0.39, 0.29) is 18.0 Å². The van der Waals surface area contributed by atoms with Crippen LogP contribution in [-0.4, -0.2) is 49.9 Å². The average Bonchev–Trinajstić information content (AvgIpc) is 3.07. The molecule has 0 N–H and O–H groups in total. The van der Waals surface area contributed by atoms with Gasteiger partial charge in [0.1, 0.15) is 6.26 Å². The maximum Gasteiger partial charge on any atom is 0.255 e. The average molecular weight is 452 g/mol. The van der Waals surface area contributed by atoms with Crippen LogP contribution in [0.25, 0.3) is 11.5 Å². The Balaban J connectivity index is 1.32. The van der Waals surface area contributed by atoms with Crippen LogP contribution in [0.15, 0.2) is 51.9 Å². The molecule has 146 valence electrons. The Labute approximate surface area is 175 Å². The number of hydrogen-bond acceptors (Lipinski definition) is 6. The van der Waals surface area contributed by atoms with Gasteiger partial charge in [0.05, 0.1) is 46.0 Å². The predicted octanol–water partition coefficient (Wildman–Crippen LogP) is 3.45. The Morgan fingerprint density at radius 1 is 1.14 bits per heavy atom. The van der Waals surface area contributed by atoms with E-state index in [1.54, 1.807) is 24.9 Å². The number of halogens is 1. The van der Waals surface area contributed by atoms with Crippen LogP contribution in [0.1, 0.15) is 28.8 Å². The van der Waals surface area contributed by atoms with Crippen molar-refractivity contribution in [1.29, 1.82) is 0 Å². The maximum atomic E-state index is 13.6. The van der Waals surface area contributed by atoms with E-state index in [9.17, 15) is 4.79 Å². The largest absolute Gasteiger partial charge is 0.444 e. The van der Waals surface area contributed by atoms with Crippen molar-refractivity contribution >= 4 is 27.8 Å². The number of aryl methyl sites for hydroxylation is 1. The summed E-state index contributed by atoms with van der Waals surface area (Å²) >= 11 is 3.39. The highest BCUT2D eigenvalue weighted by Crippen LogP contribution is 2.54. The molecular formula is C21H18BrN5O2. The first-order chi connectivity index (χ1) is 14.1. The second-order valence-electron chi connectivity index (χ2n) is 7.85. The van der Waals surface area contributed by atoms with E-state index in [1.165, 1.54) is 0 Å². The monoisotopic (exact) mass is 451 g/mol. The Morgan fingerprint density at radius 2 is 1.86 bits per heavy atom. The number of amides is 1. The van der Waals surface area contributed by atoms with Crippen molar-refractivity contribution in [3.8, 4) is 11.5 Å². The number of nitrogens with zero attached hydrogens (tertiary/aromatic N) is 5. The number of aromatic nitrogens is 3. The van der Waals surface area contributed by atoms with Gasteiger partial charge in [-0.15, -0.1) is 0 Å². The van der Waals surface area contributed by atoms with Gasteiger partial charge in [-0.3, -0.25) is 4.79 Å². The summed E-state index contributed by atoms with van der Waals surface area (Å²) in [4.78, 5) is 31.2. The van der Waals surface area contributed by atoms with Crippen LogP contribution < -0.4 is 4.90 Å². The summed E-state index contributed by atoms with van der Waals surface area (Å²) in [6.07, 6.45) is 8.74. The van der Waals surface area contributed by atoms with Crippen LogP contribution in [0.4, 0.5) is 5.95 Å². The maximum absolute atomic E-state index is 13.6. The van der Waals surface area contributed by atoms with Crippen molar-refractivity contribution in [2.75, 3.05) is 4.90 Å². The van der Waals surface area contributed by atoms with E-state index in [1.807, 2.05) is 25.1 Å². The van der Waals surface area contributed by atoms with Crippen molar-refractivity contribution in [2.45, 2.75) is 43.9 Å². The van der Waals surface area contributed by atoms with Gasteiger partial charge in [-0.1, -0.05) is 12.1 Å². The first-order valence-electron chi connectivity index (χ1n) is 9.73. The molecule has 5 heterocycles. The van der Waals surface area contributed by atoms with Gasteiger partial charge in [0.2, 0.25) is 11.8 Å². The molecule has 2 aromatic heterocycles. The Kier molecular flexibility index (Phi) is 3.62. The van der Waals surface area contributed by atoms with Crippen LogP contribution in [0.3, 0.4) is 0 Å². The van der Waals surface area contributed by atoms with Gasteiger partial charge < -0.3 is 14.2 Å². The number of benzene rings is 1. The lowest BCUT2D eigenvalue weighted by atomic mass is 10.0. The van der Waals surface area contributed by atoms with Gasteiger partial charge in [0.15, 0.2) is 0 Å². The molecular weight excluding hydrogens is 434 g/mol. The van der Waals surface area contributed by atoms with Gasteiger partial charge in [0, 0.05) is 12.4 Å². The van der Waals surface area contributed by atoms with Crippen LogP contribution >= 0.6 is 15.9 Å². The molecule has 4 unspecified atom stereocenters. The highest BCUT2D eigenvalue weighted by atomic mass is 79.9. The molecule has 0 saturated carbocycles. The van der Waals surface area contributed by atoms with Crippen LogP contribution in [0.5, 0.6) is 0 Å². The second-order valence-corrected chi connectivity index (χ2v) is 8.76. The Hall–Kier alpha value is -2.74. The molecule has 8 heteroatoms. The molecule has 1 aromatic carbocycles. The lowest BCUT2D eigenvalue weighted by Crippen LogP contribution is -2.43. The van der Waals surface area contributed by atoms with Crippen LogP contribution in [-0.2, 0) is 0 Å². The van der Waals surface area contributed by atoms with Crippen molar-refractivity contribution in [1.82, 2.24) is 19.9 Å². The lowest BCUT2D eigenvalue weighted by molar-refractivity contribution is 0.0712. The minimum Gasteiger partial charge on any atom is -0.444 e. The van der Waals surface area contributed by atoms with Crippen LogP contribution in [0, 0.1) is 6.92 Å². The number of piperazine rings is 1. The number of fused-ring (bicyclic) bond motifs is 5. The minimum absolute atomic E-state index is 0.0678. The van der Waals surface area contributed by atoms with E-state index in [4.69, 9.17) is 4.42 Å². The number of anilines is 1. The zero-order chi connectivity index (χ0) is 19.7. The number of carbonyl (C=O) groups is 1. The molecule has 7 nitrogen and oxygen atoms in total. The van der Waals surface area contributed by atoms with E-state index in [0.29, 0.717) is 23.5 Å². The summed E-state index contributed by atoms with van der Waals surface area (Å²) in [5.41, 5.74) is 2.44. The molecule has 3 aliphatic heterocycles. The number of hydrogen-bond donors (Lipinski definition) is 0. The van der Waals surface area contributed by atoms with Gasteiger partial charge in [-0.25, -0.2) is 15.0 Å². The van der Waals surface area contributed by atoms with Crippen molar-refractivity contribution in [2.24, 2.45) is 0 Å². The third-order valence-corrected chi connectivity index (χ3v) is 6.79. The molecule has 0 aliphatic carbocycles. The number of carbonyl (C=O) groups excluding carboxylic acids is 1. The van der Waals surface area contributed by atoms with E-state index in [2.05, 4.69) is 40.7 Å². The molecule has 29 heavy (non-hydrogen) atoms. The highest BCUT2D eigenvalue weighted by molar-refractivity contribution is 9.10. The topological polar surface area (TPSA) is 75.1 Å². The fourth-order valence-electron chi connectivity index (χ4n) is 5.25. The Bertz CT molecular complexity index is 1080. The standard InChI is InChI=1S/C21H18BrN5O2/c1-11-3-2-4-13(16(11)19-23-7-8-29-19)20(28)26-14-5-6-15(26)18-17(14)27(18)21-24-9-12(22)10-25-21/h2-4,7-10,14-15,17-18H,5-6H2,1H3. The molecule has 1 amide bonds. The normalized spacial score (nSPS) is 26.7. The molecule has 3 saturated heterocycles. The molecule has 6 rings (SSSR count). The van der Waals surface area contributed by atoms with E-state index in [0.717, 1.165) is 34.4 Å². The fourth-order valence-corrected chi connectivity index (χ4v) is 5.46. The van der Waals surface area contributed by atoms with E-state index < -0.39 is 0 Å². The predicted molar refractivity (Wildman–Crippen MR) is 109 cm³/mol. The summed E-state index contributed by atoms with van der Waals surface area (Å²) in [7, 11) is 0. The third-order valence-electron chi connectivity index (χ3n) is 6.39. The van der Waals surface area contributed by atoms with Gasteiger partial charge in [-0.05, 0) is 47.3 Å². The molecule has 3 aromatic rings. The quantitative estimate of drug-likeness (QED) is 0.567. The van der Waals surface area contributed by atoms with Crippen molar-refractivity contribution < 1.29 is 9.21 Å². The molecule has 4 atom stereocenters. The summed E-state index contributed by atoms with van der Waals surface area (Å²) in [6, 6.07) is 6.82. The third kappa shape index (κ3) is 2.41. The highest BCUT2D eigenvalue weighted by Gasteiger charge is 2.70. The minimum atomic E-state index is 0.0678. The second kappa shape index (κ2) is 6.13. The summed E-state index contributed by atoms with van der Waals surface area (Å²) in [5.74, 6) is 1.31. The fraction of sp³-hybridized carbons (Fsp3) is 0.333. The first-order valence-corrected chi connectivity index (χ1v) is 10.5. The van der Waals surface area contributed by atoms with Crippen molar-refractivity contribution in [3.63, 3.8) is 0 Å². The van der Waals surface area contributed by atoms with E-state index >= 15 is 0 Å². The lowest BCUT2D eigenvalue weighted by Gasteiger charge is -2.28. The van der Waals surface area contributed by atoms with Crippen LogP contribution in [0.2, 0.25) is 0 Å². The molecule has 3 fully saturated rings. The number of rotatable bonds is 3. The zero-order valence-electron chi connectivity index (χ0n) is 15.7. The summed E-state index contributed by atoms with van der Waals surface area (Å²) in [5, 5.41) is 0. The molecule has 3 aliphatic rings. The first kappa shape index (κ1) is 17.1. The Morgan fingerprint density at radius 3 is 2.52 bits per heavy atom. The number of oxazole rings is 1. The van der Waals surface area contributed by atoms with Gasteiger partial charge >= 0.3 is 0 Å². The van der Waals surface area contributed by atoms with Gasteiger partial charge in [-0.2, -0.15) is 0 Å². The van der Waals surface area contributed by atoms with Crippen molar-refractivity contribution in [3.05, 3.63) is 58.7 Å². The summed E-state index contributed by atoms with van der Waals surface area (Å²) in [6.45, 7) is 1.99. The summed E-state index contributed by atoms with van der Waals surface area (Å²) < 4.78 is 6.39. The molecule has 2 bridgehead atoms.